The fraction of sp³-hybridized carbons (Fsp3) is 0.200. The number of aromatic hydroxyl groups is 1. The van der Waals surface area contributed by atoms with Crippen LogP contribution in [0.25, 0.3) is 0 Å². The Labute approximate surface area is 115 Å². The molecule has 2 atom stereocenters. The van der Waals surface area contributed by atoms with Crippen LogP contribution in [-0.2, 0) is 4.79 Å². The van der Waals surface area contributed by atoms with Crippen LogP contribution in [-0.4, -0.2) is 16.0 Å². The van der Waals surface area contributed by atoms with E-state index in [0.29, 0.717) is 0 Å². The average molecular weight is 272 g/mol. The van der Waals surface area contributed by atoms with Crippen molar-refractivity contribution in [2.75, 3.05) is 5.32 Å². The Bertz CT molecular complexity index is 643. The molecule has 1 saturated carbocycles. The highest BCUT2D eigenvalue weighted by Crippen LogP contribution is 2.48. The van der Waals surface area contributed by atoms with Crippen molar-refractivity contribution < 1.29 is 14.3 Å². The minimum absolute atomic E-state index is 0.0557. The molecule has 20 heavy (non-hydrogen) atoms. The first kappa shape index (κ1) is 12.6. The third kappa shape index (κ3) is 2.47. The maximum absolute atomic E-state index is 12.8. The van der Waals surface area contributed by atoms with Crippen LogP contribution in [0.1, 0.15) is 17.9 Å². The second-order valence-electron chi connectivity index (χ2n) is 4.86. The van der Waals surface area contributed by atoms with Crippen LogP contribution in [0.4, 0.5) is 10.2 Å². The van der Waals surface area contributed by atoms with Gasteiger partial charge in [0.25, 0.3) is 0 Å². The van der Waals surface area contributed by atoms with Gasteiger partial charge in [0, 0.05) is 12.1 Å². The molecule has 0 aliphatic heterocycles. The molecule has 1 aliphatic carbocycles. The summed E-state index contributed by atoms with van der Waals surface area (Å²) >= 11 is 0. The quantitative estimate of drug-likeness (QED) is 0.903. The van der Waals surface area contributed by atoms with Gasteiger partial charge in [-0.2, -0.15) is 0 Å². The second kappa shape index (κ2) is 4.92. The molecular formula is C15H13FN2O2. The number of nitrogens with zero attached hydrogens (tertiary/aromatic N) is 1. The van der Waals surface area contributed by atoms with Gasteiger partial charge in [0.1, 0.15) is 5.82 Å². The van der Waals surface area contributed by atoms with Crippen LogP contribution < -0.4 is 5.32 Å². The number of halogens is 1. The van der Waals surface area contributed by atoms with Crippen molar-refractivity contribution >= 4 is 11.7 Å². The molecule has 4 nitrogen and oxygen atoms in total. The van der Waals surface area contributed by atoms with Gasteiger partial charge in [-0.15, -0.1) is 0 Å². The zero-order chi connectivity index (χ0) is 14.1. The van der Waals surface area contributed by atoms with Gasteiger partial charge in [0.15, 0.2) is 11.6 Å². The van der Waals surface area contributed by atoms with Crippen molar-refractivity contribution in [1.82, 2.24) is 4.98 Å². The largest absolute Gasteiger partial charge is 0.504 e. The number of aromatic nitrogens is 1. The Morgan fingerprint density at radius 1 is 1.30 bits per heavy atom. The number of benzene rings is 1. The monoisotopic (exact) mass is 272 g/mol. The van der Waals surface area contributed by atoms with Gasteiger partial charge < -0.3 is 10.4 Å². The Hall–Kier alpha value is -2.43. The lowest BCUT2D eigenvalue weighted by molar-refractivity contribution is -0.117. The summed E-state index contributed by atoms with van der Waals surface area (Å²) in [5.41, 5.74) is 0.955. The summed E-state index contributed by atoms with van der Waals surface area (Å²) < 4.78 is 12.8. The van der Waals surface area contributed by atoms with Crippen molar-refractivity contribution in [2.45, 2.75) is 12.3 Å². The minimum Gasteiger partial charge on any atom is -0.504 e. The van der Waals surface area contributed by atoms with Crippen LogP contribution in [0.3, 0.4) is 0 Å². The van der Waals surface area contributed by atoms with E-state index in [1.807, 2.05) is 0 Å². The summed E-state index contributed by atoms with van der Waals surface area (Å²) in [6.07, 6.45) is 2.23. The Balaban J connectivity index is 1.66. The minimum atomic E-state index is -0.284. The molecule has 102 valence electrons. The maximum Gasteiger partial charge on any atom is 0.229 e. The van der Waals surface area contributed by atoms with Crippen LogP contribution in [0.2, 0.25) is 0 Å². The predicted octanol–water partition coefficient (Wildman–Crippen LogP) is 2.67. The summed E-state index contributed by atoms with van der Waals surface area (Å²) in [4.78, 5) is 15.9. The van der Waals surface area contributed by atoms with Gasteiger partial charge in [-0.3, -0.25) is 4.79 Å². The zero-order valence-electron chi connectivity index (χ0n) is 10.6. The van der Waals surface area contributed by atoms with Crippen molar-refractivity contribution in [3.05, 3.63) is 54.0 Å². The summed E-state index contributed by atoms with van der Waals surface area (Å²) in [5, 5.41) is 12.2. The summed E-state index contributed by atoms with van der Waals surface area (Å²) in [6, 6.07) is 9.24. The normalized spacial score (nSPS) is 20.4. The van der Waals surface area contributed by atoms with Gasteiger partial charge >= 0.3 is 0 Å². The van der Waals surface area contributed by atoms with Crippen LogP contribution in [0.15, 0.2) is 42.6 Å². The Morgan fingerprint density at radius 3 is 2.75 bits per heavy atom. The number of rotatable bonds is 3. The third-order valence-corrected chi connectivity index (χ3v) is 3.45. The standard InChI is InChI=1S/C15H13FN2O2/c16-10-5-3-9(4-6-10)11-8-12(11)15(20)18-14-13(19)2-1-7-17-14/h1-7,11-12,19H,8H2,(H,17,18,20). The zero-order valence-corrected chi connectivity index (χ0v) is 10.6. The first-order chi connectivity index (χ1) is 9.65. The van der Waals surface area contributed by atoms with E-state index in [0.717, 1.165) is 12.0 Å². The molecule has 0 bridgehead atoms. The number of amides is 1. The molecular weight excluding hydrogens is 259 g/mol. The van der Waals surface area contributed by atoms with E-state index < -0.39 is 0 Å². The lowest BCUT2D eigenvalue weighted by Gasteiger charge is -2.05. The molecule has 0 radical (unpaired) electrons. The van der Waals surface area contributed by atoms with Crippen LogP contribution in [0.5, 0.6) is 5.75 Å². The van der Waals surface area contributed by atoms with Crippen molar-refractivity contribution in [1.29, 1.82) is 0 Å². The maximum atomic E-state index is 12.8. The average Bonchev–Trinajstić information content (AvgIpc) is 3.23. The molecule has 2 aromatic rings. The fourth-order valence-electron chi connectivity index (χ4n) is 2.27. The number of pyridine rings is 1. The van der Waals surface area contributed by atoms with E-state index in [-0.39, 0.29) is 35.1 Å². The van der Waals surface area contributed by atoms with E-state index in [2.05, 4.69) is 10.3 Å². The van der Waals surface area contributed by atoms with E-state index in [9.17, 15) is 14.3 Å². The summed E-state index contributed by atoms with van der Waals surface area (Å²) in [7, 11) is 0. The lowest BCUT2D eigenvalue weighted by atomic mass is 10.1. The number of carbonyl (C=O) groups is 1. The number of anilines is 1. The first-order valence-electron chi connectivity index (χ1n) is 6.35. The van der Waals surface area contributed by atoms with Crippen LogP contribution >= 0.6 is 0 Å². The molecule has 1 aromatic carbocycles. The topological polar surface area (TPSA) is 62.2 Å². The summed E-state index contributed by atoms with van der Waals surface area (Å²) in [5.74, 6) is -0.382. The summed E-state index contributed by atoms with van der Waals surface area (Å²) in [6.45, 7) is 0. The SMILES string of the molecule is O=C(Nc1ncccc1O)C1CC1c1ccc(F)cc1. The molecule has 1 amide bonds. The number of carbonyl (C=O) groups excluding carboxylic acids is 1. The van der Waals surface area contributed by atoms with Crippen molar-refractivity contribution in [2.24, 2.45) is 5.92 Å². The molecule has 1 aromatic heterocycles. The molecule has 3 rings (SSSR count). The first-order valence-corrected chi connectivity index (χ1v) is 6.35. The van der Waals surface area contributed by atoms with E-state index in [1.165, 1.54) is 24.4 Å². The Kier molecular flexibility index (Phi) is 3.10. The van der Waals surface area contributed by atoms with Crippen molar-refractivity contribution in [3.8, 4) is 5.75 Å². The lowest BCUT2D eigenvalue weighted by Crippen LogP contribution is -2.15. The Morgan fingerprint density at radius 2 is 2.05 bits per heavy atom. The van der Waals surface area contributed by atoms with E-state index >= 15 is 0 Å². The number of hydrogen-bond donors (Lipinski definition) is 2. The van der Waals surface area contributed by atoms with Gasteiger partial charge in [-0.25, -0.2) is 9.37 Å². The molecule has 2 N–H and O–H groups in total. The highest BCUT2D eigenvalue weighted by molar-refractivity contribution is 5.95. The molecule has 1 fully saturated rings. The smallest absolute Gasteiger partial charge is 0.229 e. The highest BCUT2D eigenvalue weighted by atomic mass is 19.1. The molecule has 1 heterocycles. The molecule has 5 heteroatoms. The third-order valence-electron chi connectivity index (χ3n) is 3.45. The molecule has 0 saturated heterocycles. The highest BCUT2D eigenvalue weighted by Gasteiger charge is 2.44. The van der Waals surface area contributed by atoms with Gasteiger partial charge in [0.2, 0.25) is 5.91 Å². The fourth-order valence-corrected chi connectivity index (χ4v) is 2.27. The van der Waals surface area contributed by atoms with Gasteiger partial charge in [-0.05, 0) is 42.2 Å². The molecule has 2 unspecified atom stereocenters. The van der Waals surface area contributed by atoms with E-state index in [4.69, 9.17) is 0 Å². The number of nitrogens with one attached hydrogen (secondary N) is 1. The van der Waals surface area contributed by atoms with E-state index in [1.54, 1.807) is 18.2 Å². The number of hydrogen-bond acceptors (Lipinski definition) is 3. The molecule has 1 aliphatic rings. The van der Waals surface area contributed by atoms with Gasteiger partial charge in [-0.1, -0.05) is 12.1 Å². The van der Waals surface area contributed by atoms with Gasteiger partial charge in [0.05, 0.1) is 0 Å². The molecule has 0 spiro atoms. The van der Waals surface area contributed by atoms with Crippen LogP contribution in [0, 0.1) is 11.7 Å². The second-order valence-corrected chi connectivity index (χ2v) is 4.86. The predicted molar refractivity (Wildman–Crippen MR) is 71.8 cm³/mol. The van der Waals surface area contributed by atoms with Crippen molar-refractivity contribution in [3.63, 3.8) is 0 Å².